The van der Waals surface area contributed by atoms with Crippen LogP contribution in [0, 0.1) is 0 Å². The van der Waals surface area contributed by atoms with E-state index in [4.69, 9.17) is 4.74 Å². The molecule has 116 valence electrons. The molecule has 2 heterocycles. The molecule has 0 amide bonds. The third-order valence-electron chi connectivity index (χ3n) is 3.94. The van der Waals surface area contributed by atoms with E-state index in [2.05, 4.69) is 17.1 Å². The highest BCUT2D eigenvalue weighted by Crippen LogP contribution is 2.30. The molecule has 2 aliphatic rings. The van der Waals surface area contributed by atoms with Crippen molar-refractivity contribution in [2.75, 3.05) is 32.7 Å². The van der Waals surface area contributed by atoms with Crippen LogP contribution in [0.3, 0.4) is 0 Å². The largest absolute Gasteiger partial charge is 0.412 e. The van der Waals surface area contributed by atoms with Crippen molar-refractivity contribution in [2.24, 2.45) is 0 Å². The molecule has 0 saturated carbocycles. The Kier molecular flexibility index (Phi) is 5.46. The number of alkyl halides is 3. The first kappa shape index (κ1) is 15.8. The number of hydrogen-bond donors (Lipinski definition) is 1. The predicted molar refractivity (Wildman–Crippen MR) is 71.6 cm³/mol. The summed E-state index contributed by atoms with van der Waals surface area (Å²) >= 11 is 0. The minimum Gasteiger partial charge on any atom is -0.372 e. The number of likely N-dealkylation sites (N-methyl/N-ethyl adjacent to an activating group) is 1. The van der Waals surface area contributed by atoms with Crippen LogP contribution in [-0.2, 0) is 4.74 Å². The van der Waals surface area contributed by atoms with Gasteiger partial charge in [0.1, 0.15) is 0 Å². The number of rotatable bonds is 5. The smallest absolute Gasteiger partial charge is 0.372 e. The van der Waals surface area contributed by atoms with E-state index in [9.17, 15) is 13.2 Å². The summed E-state index contributed by atoms with van der Waals surface area (Å²) in [6.07, 6.45) is -0.291. The van der Waals surface area contributed by atoms with Crippen LogP contribution in [0.1, 0.15) is 26.2 Å². The van der Waals surface area contributed by atoms with E-state index in [0.717, 1.165) is 32.5 Å². The predicted octanol–water partition coefficient (Wildman–Crippen LogP) is 2.34. The Bertz CT molecular complexity index is 344. The van der Waals surface area contributed by atoms with Crippen molar-refractivity contribution in [2.45, 2.75) is 44.6 Å². The summed E-state index contributed by atoms with van der Waals surface area (Å²) in [5, 5.41) is 3.26. The van der Waals surface area contributed by atoms with E-state index in [-0.39, 0.29) is 24.2 Å². The Morgan fingerprint density at radius 1 is 1.35 bits per heavy atom. The van der Waals surface area contributed by atoms with Gasteiger partial charge in [-0.15, -0.1) is 0 Å². The molecule has 0 spiro atoms. The molecule has 0 radical (unpaired) electrons. The summed E-state index contributed by atoms with van der Waals surface area (Å²) in [6, 6.07) is 0. The van der Waals surface area contributed by atoms with E-state index in [0.29, 0.717) is 13.1 Å². The van der Waals surface area contributed by atoms with Gasteiger partial charge in [-0.05, 0) is 25.8 Å². The third kappa shape index (κ3) is 4.46. The van der Waals surface area contributed by atoms with Crippen molar-refractivity contribution in [3.8, 4) is 0 Å². The standard InChI is InChI=1S/C14H23F3N2O/c1-2-18-9-12-3-4-13(20-12)10-19-7-5-11(6-8-19)14(15,16)17/h5,12-13,18H,2-4,6-10H2,1H3. The fourth-order valence-electron chi connectivity index (χ4n) is 2.79. The summed E-state index contributed by atoms with van der Waals surface area (Å²) in [4.78, 5) is 2.05. The van der Waals surface area contributed by atoms with Crippen molar-refractivity contribution in [3.63, 3.8) is 0 Å². The molecule has 0 aromatic carbocycles. The van der Waals surface area contributed by atoms with Crippen LogP contribution in [0.2, 0.25) is 0 Å². The van der Waals surface area contributed by atoms with Gasteiger partial charge in [0.25, 0.3) is 0 Å². The van der Waals surface area contributed by atoms with Crippen molar-refractivity contribution >= 4 is 0 Å². The van der Waals surface area contributed by atoms with Gasteiger partial charge < -0.3 is 10.1 Å². The van der Waals surface area contributed by atoms with Crippen LogP contribution in [0.15, 0.2) is 11.6 Å². The molecule has 1 N–H and O–H groups in total. The number of halogens is 3. The molecule has 0 bridgehead atoms. The number of nitrogens with one attached hydrogen (secondary N) is 1. The maximum Gasteiger partial charge on any atom is 0.412 e. The van der Waals surface area contributed by atoms with Crippen molar-refractivity contribution in [3.05, 3.63) is 11.6 Å². The Hall–Kier alpha value is -0.590. The summed E-state index contributed by atoms with van der Waals surface area (Å²) in [5.74, 6) is 0. The monoisotopic (exact) mass is 292 g/mol. The third-order valence-corrected chi connectivity index (χ3v) is 3.94. The van der Waals surface area contributed by atoms with Gasteiger partial charge >= 0.3 is 6.18 Å². The second kappa shape index (κ2) is 6.91. The van der Waals surface area contributed by atoms with Gasteiger partial charge in [0.2, 0.25) is 0 Å². The molecule has 1 saturated heterocycles. The van der Waals surface area contributed by atoms with Gasteiger partial charge in [0, 0.05) is 31.8 Å². The highest BCUT2D eigenvalue weighted by molar-refractivity contribution is 5.13. The van der Waals surface area contributed by atoms with E-state index in [1.165, 1.54) is 6.08 Å². The summed E-state index contributed by atoms with van der Waals surface area (Å²) in [6.45, 7) is 5.46. The highest BCUT2D eigenvalue weighted by Gasteiger charge is 2.35. The summed E-state index contributed by atoms with van der Waals surface area (Å²) < 4.78 is 43.5. The average molecular weight is 292 g/mol. The zero-order chi connectivity index (χ0) is 14.6. The number of hydrogen-bond acceptors (Lipinski definition) is 3. The molecular formula is C14H23F3N2O. The lowest BCUT2D eigenvalue weighted by Gasteiger charge is -2.29. The molecule has 2 atom stereocenters. The molecular weight excluding hydrogens is 269 g/mol. The number of ether oxygens (including phenoxy) is 1. The van der Waals surface area contributed by atoms with Gasteiger partial charge in [-0.2, -0.15) is 13.2 Å². The van der Waals surface area contributed by atoms with Crippen LogP contribution in [0.4, 0.5) is 13.2 Å². The highest BCUT2D eigenvalue weighted by atomic mass is 19.4. The van der Waals surface area contributed by atoms with E-state index >= 15 is 0 Å². The minimum atomic E-state index is -4.16. The van der Waals surface area contributed by atoms with E-state index < -0.39 is 6.18 Å². The zero-order valence-electron chi connectivity index (χ0n) is 11.9. The molecule has 1 fully saturated rings. The Balaban J connectivity index is 1.73. The zero-order valence-corrected chi connectivity index (χ0v) is 11.9. The quantitative estimate of drug-likeness (QED) is 0.787. The van der Waals surface area contributed by atoms with Crippen LogP contribution >= 0.6 is 0 Å². The molecule has 2 rings (SSSR count). The van der Waals surface area contributed by atoms with Crippen LogP contribution in [0.25, 0.3) is 0 Å². The first-order valence-corrected chi connectivity index (χ1v) is 7.33. The van der Waals surface area contributed by atoms with Crippen LogP contribution in [0.5, 0.6) is 0 Å². The Morgan fingerprint density at radius 3 is 2.70 bits per heavy atom. The first-order valence-electron chi connectivity index (χ1n) is 7.33. The van der Waals surface area contributed by atoms with Gasteiger partial charge in [0.15, 0.2) is 0 Å². The van der Waals surface area contributed by atoms with Gasteiger partial charge in [-0.3, -0.25) is 4.90 Å². The summed E-state index contributed by atoms with van der Waals surface area (Å²) in [7, 11) is 0. The second-order valence-corrected chi connectivity index (χ2v) is 5.50. The molecule has 0 aromatic heterocycles. The summed E-state index contributed by atoms with van der Waals surface area (Å²) in [5.41, 5.74) is -0.383. The molecule has 0 aromatic rings. The van der Waals surface area contributed by atoms with Crippen molar-refractivity contribution < 1.29 is 17.9 Å². The maximum absolute atomic E-state index is 12.5. The fourth-order valence-corrected chi connectivity index (χ4v) is 2.79. The average Bonchev–Trinajstić information content (AvgIpc) is 2.83. The van der Waals surface area contributed by atoms with Gasteiger partial charge in [0.05, 0.1) is 12.2 Å². The molecule has 6 heteroatoms. The van der Waals surface area contributed by atoms with Crippen molar-refractivity contribution in [1.82, 2.24) is 10.2 Å². The van der Waals surface area contributed by atoms with E-state index in [1.54, 1.807) is 0 Å². The van der Waals surface area contributed by atoms with E-state index in [1.807, 2.05) is 0 Å². The molecule has 2 unspecified atom stereocenters. The molecule has 0 aliphatic carbocycles. The lowest BCUT2D eigenvalue weighted by atomic mass is 10.1. The first-order chi connectivity index (χ1) is 9.49. The number of nitrogens with zero attached hydrogens (tertiary/aromatic N) is 1. The van der Waals surface area contributed by atoms with Crippen LogP contribution in [-0.4, -0.2) is 56.0 Å². The minimum absolute atomic E-state index is 0.0943. The van der Waals surface area contributed by atoms with Crippen molar-refractivity contribution in [1.29, 1.82) is 0 Å². The SMILES string of the molecule is CCNCC1CCC(CN2CC=C(C(F)(F)F)CC2)O1. The molecule has 20 heavy (non-hydrogen) atoms. The van der Waals surface area contributed by atoms with Crippen LogP contribution < -0.4 is 5.32 Å². The molecule has 2 aliphatic heterocycles. The Morgan fingerprint density at radius 2 is 2.10 bits per heavy atom. The fraction of sp³-hybridized carbons (Fsp3) is 0.857. The lowest BCUT2D eigenvalue weighted by Crippen LogP contribution is -2.38. The Labute approximate surface area is 118 Å². The topological polar surface area (TPSA) is 24.5 Å². The normalized spacial score (nSPS) is 28.7. The molecule has 3 nitrogen and oxygen atoms in total. The van der Waals surface area contributed by atoms with Gasteiger partial charge in [-0.1, -0.05) is 13.0 Å². The maximum atomic E-state index is 12.5. The lowest BCUT2D eigenvalue weighted by molar-refractivity contribution is -0.0963. The second-order valence-electron chi connectivity index (χ2n) is 5.50. The van der Waals surface area contributed by atoms with Gasteiger partial charge in [-0.25, -0.2) is 0 Å².